The minimum Gasteiger partial charge on any atom is -0.480 e. The van der Waals surface area contributed by atoms with Crippen molar-refractivity contribution in [2.24, 2.45) is 5.92 Å². The maximum absolute atomic E-state index is 11.9. The summed E-state index contributed by atoms with van der Waals surface area (Å²) >= 11 is 0. The summed E-state index contributed by atoms with van der Waals surface area (Å²) in [7, 11) is 2.14. The van der Waals surface area contributed by atoms with Crippen LogP contribution in [0.2, 0.25) is 0 Å². The van der Waals surface area contributed by atoms with Crippen molar-refractivity contribution in [2.75, 3.05) is 39.8 Å². The van der Waals surface area contributed by atoms with Crippen molar-refractivity contribution < 1.29 is 9.90 Å². The Morgan fingerprint density at radius 2 is 2.10 bits per heavy atom. The molecule has 2 fully saturated rings. The maximum atomic E-state index is 11.9. The van der Waals surface area contributed by atoms with Gasteiger partial charge in [0, 0.05) is 32.2 Å². The van der Waals surface area contributed by atoms with Gasteiger partial charge in [0.1, 0.15) is 5.54 Å². The van der Waals surface area contributed by atoms with E-state index in [9.17, 15) is 9.90 Å². The summed E-state index contributed by atoms with van der Waals surface area (Å²) in [5, 5.41) is 13.2. The van der Waals surface area contributed by atoms with Crippen LogP contribution in [0.25, 0.3) is 0 Å². The van der Waals surface area contributed by atoms with Crippen LogP contribution >= 0.6 is 0 Å². The number of hydrogen-bond donors (Lipinski definition) is 2. The Morgan fingerprint density at radius 1 is 1.40 bits per heavy atom. The Hall–Kier alpha value is -0.650. The average molecular weight is 283 g/mol. The second-order valence-corrected chi connectivity index (χ2v) is 6.54. The predicted octanol–water partition coefficient (Wildman–Crippen LogP) is 0.855. The molecule has 0 amide bonds. The molecule has 2 aliphatic rings. The van der Waals surface area contributed by atoms with Crippen molar-refractivity contribution in [3.05, 3.63) is 0 Å². The molecular formula is C15H29N3O2. The number of nitrogens with zero attached hydrogens (tertiary/aromatic N) is 2. The standard InChI is InChI=1S/C15H29N3O2/c1-4-7-16-15(14(19)20,13-5-6-13)11-18-9-8-17(3)12(2)10-18/h12-13,16H,4-11H2,1-3H3,(H,19,20). The summed E-state index contributed by atoms with van der Waals surface area (Å²) in [5.41, 5.74) is -0.731. The quantitative estimate of drug-likeness (QED) is 0.726. The third kappa shape index (κ3) is 3.32. The van der Waals surface area contributed by atoms with Gasteiger partial charge >= 0.3 is 5.97 Å². The second-order valence-electron chi connectivity index (χ2n) is 6.54. The molecular weight excluding hydrogens is 254 g/mol. The molecule has 0 spiro atoms. The molecule has 1 aliphatic heterocycles. The number of likely N-dealkylation sites (N-methyl/N-ethyl adjacent to an activating group) is 1. The maximum Gasteiger partial charge on any atom is 0.325 e. The Balaban J connectivity index is 2.05. The second kappa shape index (κ2) is 6.41. The molecule has 116 valence electrons. The van der Waals surface area contributed by atoms with E-state index < -0.39 is 11.5 Å². The Kier molecular flexibility index (Phi) is 5.04. The van der Waals surface area contributed by atoms with Gasteiger partial charge in [0.25, 0.3) is 0 Å². The van der Waals surface area contributed by atoms with Crippen molar-refractivity contribution in [1.29, 1.82) is 0 Å². The molecule has 2 N–H and O–H groups in total. The van der Waals surface area contributed by atoms with E-state index in [-0.39, 0.29) is 0 Å². The van der Waals surface area contributed by atoms with Crippen LogP contribution in [0.15, 0.2) is 0 Å². The predicted molar refractivity (Wildman–Crippen MR) is 79.9 cm³/mol. The summed E-state index contributed by atoms with van der Waals surface area (Å²) in [6, 6.07) is 0.501. The first kappa shape index (κ1) is 15.7. The molecule has 1 saturated heterocycles. The highest BCUT2D eigenvalue weighted by atomic mass is 16.4. The number of aliphatic carboxylic acids is 1. The van der Waals surface area contributed by atoms with E-state index in [4.69, 9.17) is 0 Å². The zero-order valence-electron chi connectivity index (χ0n) is 13.1. The SMILES string of the molecule is CCCNC(CN1CCN(C)C(C)C1)(C(=O)O)C1CC1. The lowest BCUT2D eigenvalue weighted by atomic mass is 9.91. The topological polar surface area (TPSA) is 55.8 Å². The molecule has 5 heteroatoms. The van der Waals surface area contributed by atoms with Gasteiger partial charge in [-0.2, -0.15) is 0 Å². The van der Waals surface area contributed by atoms with Gasteiger partial charge in [-0.1, -0.05) is 6.92 Å². The van der Waals surface area contributed by atoms with Crippen LogP contribution in [-0.4, -0.2) is 72.2 Å². The summed E-state index contributed by atoms with van der Waals surface area (Å²) in [6.07, 6.45) is 3.07. The van der Waals surface area contributed by atoms with Gasteiger partial charge in [0.05, 0.1) is 0 Å². The van der Waals surface area contributed by atoms with Crippen LogP contribution in [0.4, 0.5) is 0 Å². The number of carboxylic acid groups (broad SMARTS) is 1. The summed E-state index contributed by atoms with van der Waals surface area (Å²) in [5.74, 6) is -0.360. The van der Waals surface area contributed by atoms with Crippen LogP contribution in [-0.2, 0) is 4.79 Å². The molecule has 20 heavy (non-hydrogen) atoms. The highest BCUT2D eigenvalue weighted by molar-refractivity contribution is 5.80. The third-order valence-corrected chi connectivity index (χ3v) is 4.86. The van der Waals surface area contributed by atoms with Gasteiger partial charge in [-0.3, -0.25) is 9.69 Å². The van der Waals surface area contributed by atoms with Crippen molar-refractivity contribution in [3.8, 4) is 0 Å². The zero-order valence-corrected chi connectivity index (χ0v) is 13.1. The molecule has 0 aromatic heterocycles. The molecule has 1 heterocycles. The van der Waals surface area contributed by atoms with Crippen LogP contribution < -0.4 is 5.32 Å². The number of rotatable bonds is 7. The molecule has 0 radical (unpaired) electrons. The highest BCUT2D eigenvalue weighted by Crippen LogP contribution is 2.40. The monoisotopic (exact) mass is 283 g/mol. The first-order valence-electron chi connectivity index (χ1n) is 7.90. The fourth-order valence-corrected chi connectivity index (χ4v) is 3.19. The fourth-order valence-electron chi connectivity index (χ4n) is 3.19. The van der Waals surface area contributed by atoms with Gasteiger partial charge in [-0.05, 0) is 45.7 Å². The van der Waals surface area contributed by atoms with Gasteiger partial charge in [0.15, 0.2) is 0 Å². The van der Waals surface area contributed by atoms with Gasteiger partial charge < -0.3 is 15.3 Å². The number of nitrogens with one attached hydrogen (secondary N) is 1. The lowest BCUT2D eigenvalue weighted by Crippen LogP contribution is -2.63. The Bertz CT molecular complexity index is 346. The van der Waals surface area contributed by atoms with Crippen LogP contribution in [0.3, 0.4) is 0 Å². The van der Waals surface area contributed by atoms with Crippen molar-refractivity contribution in [3.63, 3.8) is 0 Å². The Morgan fingerprint density at radius 3 is 2.60 bits per heavy atom. The van der Waals surface area contributed by atoms with Gasteiger partial charge in [-0.25, -0.2) is 0 Å². The Labute approximate surface area is 122 Å². The van der Waals surface area contributed by atoms with E-state index >= 15 is 0 Å². The molecule has 2 rings (SSSR count). The zero-order chi connectivity index (χ0) is 14.8. The number of carboxylic acids is 1. The summed E-state index contributed by atoms with van der Waals surface area (Å²) in [6.45, 7) is 8.69. The number of hydrogen-bond acceptors (Lipinski definition) is 4. The number of carbonyl (C=O) groups is 1. The average Bonchev–Trinajstić information content (AvgIpc) is 3.23. The molecule has 1 aliphatic carbocycles. The van der Waals surface area contributed by atoms with E-state index in [1.165, 1.54) is 0 Å². The van der Waals surface area contributed by atoms with Crippen LogP contribution in [0, 0.1) is 5.92 Å². The molecule has 2 unspecified atom stereocenters. The van der Waals surface area contributed by atoms with Crippen molar-refractivity contribution >= 4 is 5.97 Å². The highest BCUT2D eigenvalue weighted by Gasteiger charge is 2.51. The normalized spacial score (nSPS) is 28.2. The molecule has 0 aromatic carbocycles. The summed E-state index contributed by atoms with van der Waals surface area (Å²) in [4.78, 5) is 16.6. The summed E-state index contributed by atoms with van der Waals surface area (Å²) < 4.78 is 0. The lowest BCUT2D eigenvalue weighted by molar-refractivity contribution is -0.147. The van der Waals surface area contributed by atoms with Crippen LogP contribution in [0.1, 0.15) is 33.1 Å². The van der Waals surface area contributed by atoms with E-state index in [1.54, 1.807) is 0 Å². The van der Waals surface area contributed by atoms with Gasteiger partial charge in [-0.15, -0.1) is 0 Å². The van der Waals surface area contributed by atoms with Crippen LogP contribution in [0.5, 0.6) is 0 Å². The van der Waals surface area contributed by atoms with E-state index in [1.807, 2.05) is 0 Å². The molecule has 1 saturated carbocycles. The van der Waals surface area contributed by atoms with Gasteiger partial charge in [0.2, 0.25) is 0 Å². The molecule has 5 nitrogen and oxygen atoms in total. The molecule has 0 aromatic rings. The largest absolute Gasteiger partial charge is 0.480 e. The smallest absolute Gasteiger partial charge is 0.325 e. The first-order chi connectivity index (χ1) is 9.49. The van der Waals surface area contributed by atoms with E-state index in [0.29, 0.717) is 18.5 Å². The number of piperazine rings is 1. The van der Waals surface area contributed by atoms with Crippen molar-refractivity contribution in [1.82, 2.24) is 15.1 Å². The first-order valence-corrected chi connectivity index (χ1v) is 7.90. The minimum absolute atomic E-state index is 0.307. The third-order valence-electron chi connectivity index (χ3n) is 4.86. The fraction of sp³-hybridized carbons (Fsp3) is 0.933. The molecule has 0 bridgehead atoms. The lowest BCUT2D eigenvalue weighted by Gasteiger charge is -2.42. The van der Waals surface area contributed by atoms with E-state index in [2.05, 4.69) is 36.0 Å². The van der Waals surface area contributed by atoms with E-state index in [0.717, 1.165) is 45.4 Å². The van der Waals surface area contributed by atoms with Crippen molar-refractivity contribution in [2.45, 2.75) is 44.7 Å². The minimum atomic E-state index is -0.731. The molecule has 2 atom stereocenters.